The van der Waals surface area contributed by atoms with Crippen molar-refractivity contribution < 1.29 is 14.6 Å². The lowest BCUT2D eigenvalue weighted by molar-refractivity contribution is -0.136. The highest BCUT2D eigenvalue weighted by molar-refractivity contribution is 9.11. The van der Waals surface area contributed by atoms with E-state index in [1.54, 1.807) is 67.8 Å². The molecular formula is C22H18Br2N2O3. The fourth-order valence-electron chi connectivity index (χ4n) is 2.88. The molecule has 0 aliphatic carbocycles. The minimum atomic E-state index is -1.87. The number of nitrogens with zero attached hydrogens (tertiary/aromatic N) is 1. The first-order valence-corrected chi connectivity index (χ1v) is 10.3. The van der Waals surface area contributed by atoms with Gasteiger partial charge in [-0.25, -0.2) is 5.43 Å². The van der Waals surface area contributed by atoms with E-state index >= 15 is 0 Å². The van der Waals surface area contributed by atoms with Gasteiger partial charge in [0.25, 0.3) is 5.91 Å². The second-order valence-electron chi connectivity index (χ2n) is 6.16. The van der Waals surface area contributed by atoms with Crippen LogP contribution in [-0.2, 0) is 10.4 Å². The molecular weight excluding hydrogens is 500 g/mol. The topological polar surface area (TPSA) is 70.9 Å². The van der Waals surface area contributed by atoms with Gasteiger partial charge in [-0.1, -0.05) is 60.7 Å². The molecule has 0 saturated carbocycles. The van der Waals surface area contributed by atoms with E-state index in [1.165, 1.54) is 6.21 Å². The highest BCUT2D eigenvalue weighted by atomic mass is 79.9. The zero-order valence-electron chi connectivity index (χ0n) is 15.5. The molecule has 29 heavy (non-hydrogen) atoms. The number of nitrogens with one attached hydrogen (secondary N) is 1. The molecule has 3 aromatic carbocycles. The van der Waals surface area contributed by atoms with Crippen LogP contribution < -0.4 is 10.2 Å². The molecule has 0 saturated heterocycles. The fraction of sp³-hybridized carbons (Fsp3) is 0.0909. The molecule has 148 valence electrons. The Balaban J connectivity index is 1.88. The summed E-state index contributed by atoms with van der Waals surface area (Å²) in [4.78, 5) is 13.0. The van der Waals surface area contributed by atoms with Crippen molar-refractivity contribution in [2.75, 3.05) is 7.11 Å². The lowest BCUT2D eigenvalue weighted by Gasteiger charge is -2.27. The molecule has 3 aromatic rings. The number of hydrazone groups is 1. The first-order valence-electron chi connectivity index (χ1n) is 8.66. The molecule has 0 fully saturated rings. The van der Waals surface area contributed by atoms with Gasteiger partial charge in [0, 0.05) is 0 Å². The number of amides is 1. The second kappa shape index (κ2) is 9.35. The number of carbonyl (C=O) groups is 1. The van der Waals surface area contributed by atoms with Gasteiger partial charge in [-0.15, -0.1) is 0 Å². The summed E-state index contributed by atoms with van der Waals surface area (Å²) >= 11 is 6.86. The summed E-state index contributed by atoms with van der Waals surface area (Å²) in [5.74, 6) is 0.00603. The van der Waals surface area contributed by atoms with Gasteiger partial charge < -0.3 is 9.84 Å². The average molecular weight is 518 g/mol. The lowest BCUT2D eigenvalue weighted by Crippen LogP contribution is -2.43. The van der Waals surface area contributed by atoms with Gasteiger partial charge in [-0.05, 0) is 60.7 Å². The SMILES string of the molecule is COc1c(Br)cc(C=NNC(=O)C(O)(c2ccccc2)c2ccccc2)cc1Br. The summed E-state index contributed by atoms with van der Waals surface area (Å²) in [5.41, 5.74) is 2.22. The third-order valence-electron chi connectivity index (χ3n) is 4.32. The summed E-state index contributed by atoms with van der Waals surface area (Å²) < 4.78 is 6.76. The molecule has 0 aromatic heterocycles. The van der Waals surface area contributed by atoms with E-state index < -0.39 is 11.5 Å². The number of benzene rings is 3. The maximum absolute atomic E-state index is 13.0. The van der Waals surface area contributed by atoms with Crippen LogP contribution in [-0.4, -0.2) is 24.3 Å². The maximum Gasteiger partial charge on any atom is 0.281 e. The van der Waals surface area contributed by atoms with Gasteiger partial charge >= 0.3 is 0 Å². The molecule has 0 atom stereocenters. The van der Waals surface area contributed by atoms with Crippen LogP contribution in [0.1, 0.15) is 16.7 Å². The smallest absolute Gasteiger partial charge is 0.281 e. The second-order valence-corrected chi connectivity index (χ2v) is 7.87. The molecule has 2 N–H and O–H groups in total. The van der Waals surface area contributed by atoms with Gasteiger partial charge in [0.1, 0.15) is 5.75 Å². The number of methoxy groups -OCH3 is 1. The Bertz CT molecular complexity index is 962. The van der Waals surface area contributed by atoms with E-state index in [-0.39, 0.29) is 0 Å². The Morgan fingerprint density at radius 1 is 1.00 bits per heavy atom. The zero-order chi connectivity index (χ0) is 20.9. The van der Waals surface area contributed by atoms with E-state index in [0.717, 1.165) is 14.5 Å². The van der Waals surface area contributed by atoms with Crippen LogP contribution in [0.2, 0.25) is 0 Å². The zero-order valence-corrected chi connectivity index (χ0v) is 18.6. The maximum atomic E-state index is 13.0. The van der Waals surface area contributed by atoms with Gasteiger partial charge in [0.15, 0.2) is 5.60 Å². The highest BCUT2D eigenvalue weighted by Crippen LogP contribution is 2.34. The predicted molar refractivity (Wildman–Crippen MR) is 120 cm³/mol. The van der Waals surface area contributed by atoms with Gasteiger partial charge in [0.05, 0.1) is 22.3 Å². The predicted octanol–water partition coefficient (Wildman–Crippen LogP) is 4.61. The molecule has 7 heteroatoms. The number of rotatable bonds is 6. The van der Waals surface area contributed by atoms with Crippen LogP contribution in [0, 0.1) is 0 Å². The van der Waals surface area contributed by atoms with Crippen molar-refractivity contribution in [3.8, 4) is 5.75 Å². The highest BCUT2D eigenvalue weighted by Gasteiger charge is 2.39. The Morgan fingerprint density at radius 3 is 1.93 bits per heavy atom. The molecule has 0 aliphatic rings. The van der Waals surface area contributed by atoms with Crippen molar-refractivity contribution in [2.24, 2.45) is 5.10 Å². The molecule has 3 rings (SSSR count). The van der Waals surface area contributed by atoms with Crippen molar-refractivity contribution in [1.29, 1.82) is 0 Å². The van der Waals surface area contributed by atoms with Gasteiger partial charge in [0.2, 0.25) is 0 Å². The van der Waals surface area contributed by atoms with Crippen LogP contribution in [0.3, 0.4) is 0 Å². The molecule has 0 radical (unpaired) electrons. The van der Waals surface area contributed by atoms with E-state index in [0.29, 0.717) is 16.9 Å². The van der Waals surface area contributed by atoms with E-state index in [2.05, 4.69) is 42.4 Å². The van der Waals surface area contributed by atoms with Crippen LogP contribution in [0.5, 0.6) is 5.75 Å². The number of carbonyl (C=O) groups excluding carboxylic acids is 1. The Labute approximate surface area is 185 Å². The summed E-state index contributed by atoms with van der Waals surface area (Å²) in [6, 6.07) is 21.1. The molecule has 0 spiro atoms. The Kier molecular flexibility index (Phi) is 6.84. The Morgan fingerprint density at radius 2 is 1.48 bits per heavy atom. The quantitative estimate of drug-likeness (QED) is 0.370. The molecule has 0 bridgehead atoms. The summed E-state index contributed by atoms with van der Waals surface area (Å²) in [6.45, 7) is 0. The first-order chi connectivity index (χ1) is 14.0. The first kappa shape index (κ1) is 21.2. The number of aliphatic hydroxyl groups is 1. The fourth-order valence-corrected chi connectivity index (χ4v) is 4.43. The summed E-state index contributed by atoms with van der Waals surface area (Å²) in [5, 5.41) is 15.4. The third-order valence-corrected chi connectivity index (χ3v) is 5.49. The molecule has 0 heterocycles. The Hall–Kier alpha value is -2.48. The van der Waals surface area contributed by atoms with Crippen molar-refractivity contribution in [1.82, 2.24) is 5.43 Å². The largest absolute Gasteiger partial charge is 0.494 e. The monoisotopic (exact) mass is 516 g/mol. The molecule has 1 amide bonds. The van der Waals surface area contributed by atoms with E-state index in [4.69, 9.17) is 4.74 Å². The van der Waals surface area contributed by atoms with Crippen LogP contribution in [0.4, 0.5) is 0 Å². The van der Waals surface area contributed by atoms with Gasteiger partial charge in [-0.2, -0.15) is 5.10 Å². The minimum absolute atomic E-state index is 0.453. The number of ether oxygens (including phenoxy) is 1. The normalized spacial score (nSPS) is 11.4. The van der Waals surface area contributed by atoms with Crippen LogP contribution >= 0.6 is 31.9 Å². The van der Waals surface area contributed by atoms with Crippen LogP contribution in [0.15, 0.2) is 86.8 Å². The number of hydrogen-bond donors (Lipinski definition) is 2. The molecule has 5 nitrogen and oxygen atoms in total. The number of hydrogen-bond acceptors (Lipinski definition) is 4. The van der Waals surface area contributed by atoms with Crippen molar-refractivity contribution in [2.45, 2.75) is 5.60 Å². The minimum Gasteiger partial charge on any atom is -0.494 e. The number of halogens is 2. The third kappa shape index (κ3) is 4.58. The van der Waals surface area contributed by atoms with Crippen LogP contribution in [0.25, 0.3) is 0 Å². The standard InChI is InChI=1S/C22H18Br2N2O3/c1-29-20-18(23)12-15(13-19(20)24)14-25-26-21(27)22(28,16-8-4-2-5-9-16)17-10-6-3-7-11-17/h2-14,28H,1H3,(H,26,27). The van der Waals surface area contributed by atoms with E-state index in [1.807, 2.05) is 12.1 Å². The molecule has 0 aliphatic heterocycles. The summed E-state index contributed by atoms with van der Waals surface area (Å²) in [6.07, 6.45) is 1.49. The lowest BCUT2D eigenvalue weighted by atomic mass is 9.85. The van der Waals surface area contributed by atoms with Crippen molar-refractivity contribution in [3.05, 3.63) is 98.4 Å². The van der Waals surface area contributed by atoms with E-state index in [9.17, 15) is 9.90 Å². The van der Waals surface area contributed by atoms with Crippen molar-refractivity contribution >= 4 is 44.0 Å². The summed E-state index contributed by atoms with van der Waals surface area (Å²) in [7, 11) is 1.58. The molecule has 0 unspecified atom stereocenters. The average Bonchev–Trinajstić information content (AvgIpc) is 2.74. The van der Waals surface area contributed by atoms with Gasteiger partial charge in [-0.3, -0.25) is 4.79 Å². The van der Waals surface area contributed by atoms with Crippen molar-refractivity contribution in [3.63, 3.8) is 0 Å².